The van der Waals surface area contributed by atoms with E-state index < -0.39 is 20.7 Å². The SMILES string of the molecule is CC(=O)[SH](CC(=O)c1ccc(S(C)(=O)=O)cc1)c1ccccc1. The third-order valence-corrected chi connectivity index (χ3v) is 6.77. The first-order valence-corrected chi connectivity index (χ1v) is 10.4. The van der Waals surface area contributed by atoms with Gasteiger partial charge in [0.25, 0.3) is 0 Å². The Morgan fingerprint density at radius 3 is 2.00 bits per heavy atom. The summed E-state index contributed by atoms with van der Waals surface area (Å²) in [5.41, 5.74) is 0.419. The lowest BCUT2D eigenvalue weighted by Gasteiger charge is -2.18. The molecular formula is C17H18O4S2. The van der Waals surface area contributed by atoms with E-state index in [-0.39, 0.29) is 21.5 Å². The van der Waals surface area contributed by atoms with E-state index in [9.17, 15) is 18.0 Å². The van der Waals surface area contributed by atoms with Crippen molar-refractivity contribution in [3.05, 3.63) is 60.2 Å². The van der Waals surface area contributed by atoms with E-state index in [1.165, 1.54) is 31.2 Å². The minimum absolute atomic E-state index is 0.00712. The van der Waals surface area contributed by atoms with Crippen LogP contribution in [-0.4, -0.2) is 31.3 Å². The molecule has 2 aromatic carbocycles. The van der Waals surface area contributed by atoms with E-state index >= 15 is 0 Å². The first-order valence-electron chi connectivity index (χ1n) is 6.95. The Balaban J connectivity index is 2.21. The lowest BCUT2D eigenvalue weighted by atomic mass is 10.1. The van der Waals surface area contributed by atoms with Crippen LogP contribution < -0.4 is 0 Å². The summed E-state index contributed by atoms with van der Waals surface area (Å²) in [7, 11) is -4.50. The number of carbonyl (C=O) groups is 2. The molecular weight excluding hydrogens is 332 g/mol. The van der Waals surface area contributed by atoms with Gasteiger partial charge in [-0.15, -0.1) is 0 Å². The summed E-state index contributed by atoms with van der Waals surface area (Å²) >= 11 is 0. The van der Waals surface area contributed by atoms with E-state index in [0.717, 1.165) is 11.2 Å². The highest BCUT2D eigenvalue weighted by atomic mass is 32.2. The number of thiol groups is 1. The van der Waals surface area contributed by atoms with Crippen LogP contribution in [0.1, 0.15) is 17.3 Å². The van der Waals surface area contributed by atoms with Crippen LogP contribution in [0.5, 0.6) is 0 Å². The van der Waals surface area contributed by atoms with Crippen LogP contribution in [0.25, 0.3) is 0 Å². The fraction of sp³-hybridized carbons (Fsp3) is 0.176. The fourth-order valence-electron chi connectivity index (χ4n) is 2.12. The second kappa shape index (κ2) is 7.10. The molecule has 0 saturated carbocycles. The van der Waals surface area contributed by atoms with Crippen LogP contribution in [0, 0.1) is 0 Å². The van der Waals surface area contributed by atoms with Crippen LogP contribution >= 0.6 is 10.9 Å². The van der Waals surface area contributed by atoms with Gasteiger partial charge in [0.05, 0.1) is 4.90 Å². The van der Waals surface area contributed by atoms with Gasteiger partial charge in [-0.05, 0) is 29.2 Å². The molecule has 0 aromatic heterocycles. The van der Waals surface area contributed by atoms with Gasteiger partial charge in [0, 0.05) is 24.5 Å². The van der Waals surface area contributed by atoms with Crippen molar-refractivity contribution in [3.63, 3.8) is 0 Å². The van der Waals surface area contributed by atoms with Crippen molar-refractivity contribution in [1.29, 1.82) is 0 Å². The zero-order valence-corrected chi connectivity index (χ0v) is 14.6. The molecule has 1 atom stereocenters. The molecule has 0 saturated heterocycles. The van der Waals surface area contributed by atoms with Crippen molar-refractivity contribution in [2.24, 2.45) is 0 Å². The molecule has 0 N–H and O–H groups in total. The van der Waals surface area contributed by atoms with E-state index in [2.05, 4.69) is 0 Å². The molecule has 0 amide bonds. The summed E-state index contributed by atoms with van der Waals surface area (Å²) in [6, 6.07) is 15.1. The molecule has 1 unspecified atom stereocenters. The first kappa shape index (κ1) is 17.4. The number of hydrogen-bond donors (Lipinski definition) is 1. The largest absolute Gasteiger partial charge is 0.293 e. The number of Topliss-reactive ketones (excluding diaryl/α,β-unsaturated/α-hetero) is 1. The van der Waals surface area contributed by atoms with Gasteiger partial charge in [0.15, 0.2) is 20.7 Å². The van der Waals surface area contributed by atoms with Gasteiger partial charge in [0.1, 0.15) is 0 Å². The molecule has 0 aliphatic heterocycles. The molecule has 0 bridgehead atoms. The molecule has 23 heavy (non-hydrogen) atoms. The smallest absolute Gasteiger partial charge is 0.175 e. The van der Waals surface area contributed by atoms with Crippen LogP contribution in [0.15, 0.2) is 64.4 Å². The number of hydrogen-bond acceptors (Lipinski definition) is 4. The summed E-state index contributed by atoms with van der Waals surface area (Å²) in [4.78, 5) is 25.3. The Morgan fingerprint density at radius 1 is 0.957 bits per heavy atom. The lowest BCUT2D eigenvalue weighted by Crippen LogP contribution is -2.10. The Hall–Kier alpha value is -1.92. The van der Waals surface area contributed by atoms with Crippen molar-refractivity contribution in [3.8, 4) is 0 Å². The molecule has 6 heteroatoms. The molecule has 0 radical (unpaired) electrons. The zero-order chi connectivity index (χ0) is 17.0. The summed E-state index contributed by atoms with van der Waals surface area (Å²) in [6.07, 6.45) is 1.12. The highest BCUT2D eigenvalue weighted by Gasteiger charge is 2.18. The molecule has 2 rings (SSSR count). The molecule has 0 heterocycles. The molecule has 0 aliphatic rings. The topological polar surface area (TPSA) is 68.3 Å². The van der Waals surface area contributed by atoms with E-state index in [1.54, 1.807) is 0 Å². The van der Waals surface area contributed by atoms with Crippen molar-refractivity contribution in [2.75, 3.05) is 12.0 Å². The normalized spacial score (nSPS) is 13.4. The zero-order valence-electron chi connectivity index (χ0n) is 12.9. The minimum atomic E-state index is -3.29. The third kappa shape index (κ3) is 4.53. The average molecular weight is 350 g/mol. The number of ketones is 1. The van der Waals surface area contributed by atoms with Crippen molar-refractivity contribution < 1.29 is 18.0 Å². The predicted octanol–water partition coefficient (Wildman–Crippen LogP) is 2.88. The quantitative estimate of drug-likeness (QED) is 0.665. The number of sulfone groups is 1. The number of carbonyl (C=O) groups excluding carboxylic acids is 2. The third-order valence-electron chi connectivity index (χ3n) is 3.35. The van der Waals surface area contributed by atoms with E-state index in [4.69, 9.17) is 0 Å². The highest BCUT2D eigenvalue weighted by molar-refractivity contribution is 8.30. The summed E-state index contributed by atoms with van der Waals surface area (Å²) in [5, 5.41) is -0.00712. The van der Waals surface area contributed by atoms with E-state index in [0.29, 0.717) is 5.56 Å². The van der Waals surface area contributed by atoms with E-state index in [1.807, 2.05) is 30.3 Å². The Bertz CT molecular complexity index is 809. The second-order valence-electron chi connectivity index (χ2n) is 5.16. The standard InChI is InChI=1S/C17H18O4S2/c1-13(18)22(15-6-4-3-5-7-15)12-17(19)14-8-10-16(11-9-14)23(2,20)21/h3-11,22H,12H2,1-2H3. The predicted molar refractivity (Wildman–Crippen MR) is 93.1 cm³/mol. The van der Waals surface area contributed by atoms with Crippen LogP contribution in [0.3, 0.4) is 0 Å². The van der Waals surface area contributed by atoms with Gasteiger partial charge < -0.3 is 0 Å². The average Bonchev–Trinajstić information content (AvgIpc) is 2.52. The van der Waals surface area contributed by atoms with Crippen LogP contribution in [0.4, 0.5) is 0 Å². The van der Waals surface area contributed by atoms with Crippen molar-refractivity contribution in [2.45, 2.75) is 16.7 Å². The van der Waals surface area contributed by atoms with Gasteiger partial charge in [-0.25, -0.2) is 8.42 Å². The second-order valence-corrected chi connectivity index (χ2v) is 9.49. The Labute approximate surface area is 138 Å². The highest BCUT2D eigenvalue weighted by Crippen LogP contribution is 2.37. The monoisotopic (exact) mass is 350 g/mol. The Kier molecular flexibility index (Phi) is 5.38. The van der Waals surface area contributed by atoms with Gasteiger partial charge in [0.2, 0.25) is 0 Å². The summed E-state index contributed by atoms with van der Waals surface area (Å²) < 4.78 is 22.9. The maximum absolute atomic E-state index is 12.4. The van der Waals surface area contributed by atoms with Gasteiger partial charge >= 0.3 is 0 Å². The van der Waals surface area contributed by atoms with Crippen LogP contribution in [-0.2, 0) is 14.6 Å². The molecule has 2 aromatic rings. The Morgan fingerprint density at radius 2 is 1.52 bits per heavy atom. The summed E-state index contributed by atoms with van der Waals surface area (Å²) in [6.45, 7) is 1.50. The minimum Gasteiger partial charge on any atom is -0.293 e. The van der Waals surface area contributed by atoms with Crippen molar-refractivity contribution >= 4 is 31.6 Å². The van der Waals surface area contributed by atoms with Gasteiger partial charge in [-0.1, -0.05) is 30.3 Å². The maximum atomic E-state index is 12.4. The number of rotatable bonds is 5. The number of benzene rings is 2. The molecule has 0 aliphatic carbocycles. The molecule has 122 valence electrons. The molecule has 0 spiro atoms. The van der Waals surface area contributed by atoms with Crippen LogP contribution in [0.2, 0.25) is 0 Å². The van der Waals surface area contributed by atoms with Gasteiger partial charge in [-0.3, -0.25) is 9.59 Å². The lowest BCUT2D eigenvalue weighted by molar-refractivity contribution is -0.109. The fourth-order valence-corrected chi connectivity index (χ4v) is 4.52. The maximum Gasteiger partial charge on any atom is 0.175 e. The summed E-state index contributed by atoms with van der Waals surface area (Å²) in [5.74, 6) is -0.0254. The molecule has 4 nitrogen and oxygen atoms in total. The van der Waals surface area contributed by atoms with Crippen molar-refractivity contribution in [1.82, 2.24) is 0 Å². The first-order chi connectivity index (χ1) is 10.8. The van der Waals surface area contributed by atoms with Gasteiger partial charge in [-0.2, -0.15) is 10.9 Å². The molecule has 0 fully saturated rings.